The zero-order chi connectivity index (χ0) is 18.7. The third-order valence-corrected chi connectivity index (χ3v) is 7.57. The molecule has 0 aromatic rings. The first-order valence-electron chi connectivity index (χ1n) is 10.4. The van der Waals surface area contributed by atoms with Crippen molar-refractivity contribution in [2.24, 2.45) is 0 Å². The maximum atomic E-state index is 11.2. The molecule has 1 unspecified atom stereocenters. The first kappa shape index (κ1) is 18.8. The summed E-state index contributed by atoms with van der Waals surface area (Å²) in [6, 6.07) is 0. The van der Waals surface area contributed by atoms with E-state index in [1.54, 1.807) is 0 Å². The van der Waals surface area contributed by atoms with Crippen LogP contribution in [0.15, 0.2) is 0 Å². The first-order valence-corrected chi connectivity index (χ1v) is 12.2. The maximum Gasteiger partial charge on any atom is 0.264 e. The third-order valence-electron chi connectivity index (χ3n) is 6.97. The molecule has 2 bridgehead atoms. The van der Waals surface area contributed by atoms with Crippen molar-refractivity contribution in [3.05, 3.63) is 0 Å². The highest BCUT2D eigenvalue weighted by Gasteiger charge is 2.65. The van der Waals surface area contributed by atoms with Gasteiger partial charge in [-0.15, -0.1) is 0 Å². The van der Waals surface area contributed by atoms with Gasteiger partial charge in [0.1, 0.15) is 6.10 Å². The van der Waals surface area contributed by atoms with Crippen molar-refractivity contribution in [1.82, 2.24) is 0 Å². The van der Waals surface area contributed by atoms with Gasteiger partial charge < -0.3 is 18.9 Å². The van der Waals surface area contributed by atoms with E-state index >= 15 is 0 Å². The van der Waals surface area contributed by atoms with Gasteiger partial charge in [-0.25, -0.2) is 0 Å². The molecule has 27 heavy (non-hydrogen) atoms. The summed E-state index contributed by atoms with van der Waals surface area (Å²) in [7, 11) is -3.41. The van der Waals surface area contributed by atoms with Gasteiger partial charge in [0.15, 0.2) is 5.79 Å². The van der Waals surface area contributed by atoms with Crippen molar-refractivity contribution in [3.63, 3.8) is 0 Å². The van der Waals surface area contributed by atoms with Crippen LogP contribution in [0.1, 0.15) is 64.2 Å². The Bertz CT molecular complexity index is 674. The first-order chi connectivity index (χ1) is 12.9. The van der Waals surface area contributed by atoms with Crippen LogP contribution in [0.25, 0.3) is 0 Å². The highest BCUT2D eigenvalue weighted by Crippen LogP contribution is 2.55. The number of hydrogen-bond donors (Lipinski definition) is 0. The number of ether oxygens (including phenoxy) is 4. The van der Waals surface area contributed by atoms with Gasteiger partial charge in [-0.1, -0.05) is 6.42 Å². The standard InChI is InChI=1S/C19H30O7S/c1-27(20,21)22-10-7-13-5-6-16-18(24-13)11-14(23-16)17-15(12-18)25-19(26-17)8-3-2-4-9-19/h13-17H,2-12H2,1H3/t13-,14+,15-,16+,17?,18-/m1/s1. The molecule has 0 aromatic heterocycles. The molecular formula is C19H30O7S. The molecule has 8 heteroatoms. The quantitative estimate of drug-likeness (QED) is 0.667. The van der Waals surface area contributed by atoms with Crippen molar-refractivity contribution < 1.29 is 31.5 Å². The Hall–Kier alpha value is -0.250. The Kier molecular flexibility index (Phi) is 4.61. The summed E-state index contributed by atoms with van der Waals surface area (Å²) in [4.78, 5) is 0. The van der Waals surface area contributed by atoms with Gasteiger partial charge in [0.2, 0.25) is 0 Å². The van der Waals surface area contributed by atoms with Gasteiger partial charge in [0.25, 0.3) is 10.1 Å². The maximum absolute atomic E-state index is 11.2. The third kappa shape index (κ3) is 3.46. The van der Waals surface area contributed by atoms with E-state index in [2.05, 4.69) is 0 Å². The van der Waals surface area contributed by atoms with Crippen molar-refractivity contribution in [3.8, 4) is 0 Å². The van der Waals surface area contributed by atoms with Crippen molar-refractivity contribution in [2.45, 2.75) is 106 Å². The topological polar surface area (TPSA) is 80.3 Å². The average Bonchev–Trinajstić information content (AvgIpc) is 3.10. The monoisotopic (exact) mass is 402 g/mol. The number of hydrogen-bond acceptors (Lipinski definition) is 7. The average molecular weight is 403 g/mol. The van der Waals surface area contributed by atoms with E-state index in [0.29, 0.717) is 6.42 Å². The van der Waals surface area contributed by atoms with Crippen LogP contribution in [0.4, 0.5) is 0 Å². The van der Waals surface area contributed by atoms with Crippen LogP contribution in [0.5, 0.6) is 0 Å². The summed E-state index contributed by atoms with van der Waals surface area (Å²) in [5.41, 5.74) is -0.316. The normalized spacial score (nSPS) is 45.6. The molecule has 0 radical (unpaired) electrons. The summed E-state index contributed by atoms with van der Waals surface area (Å²) >= 11 is 0. The molecule has 5 fully saturated rings. The molecule has 3 aliphatic heterocycles. The molecule has 3 saturated heterocycles. The molecule has 2 spiro atoms. The predicted molar refractivity (Wildman–Crippen MR) is 95.7 cm³/mol. The molecule has 6 atom stereocenters. The minimum atomic E-state index is -3.41. The Morgan fingerprint density at radius 2 is 1.78 bits per heavy atom. The molecule has 0 aromatic carbocycles. The van der Waals surface area contributed by atoms with Crippen LogP contribution in [0.3, 0.4) is 0 Å². The summed E-state index contributed by atoms with van der Waals surface area (Å²) < 4.78 is 53.1. The van der Waals surface area contributed by atoms with Gasteiger partial charge in [-0.3, -0.25) is 4.18 Å². The van der Waals surface area contributed by atoms with Crippen LogP contribution >= 0.6 is 0 Å². The van der Waals surface area contributed by atoms with Crippen LogP contribution in [0, 0.1) is 0 Å². The van der Waals surface area contributed by atoms with E-state index < -0.39 is 15.9 Å². The lowest BCUT2D eigenvalue weighted by Crippen LogP contribution is -2.53. The summed E-state index contributed by atoms with van der Waals surface area (Å²) in [5, 5.41) is 0. The summed E-state index contributed by atoms with van der Waals surface area (Å²) in [5.74, 6) is -0.398. The molecule has 3 heterocycles. The molecule has 2 saturated carbocycles. The molecule has 0 amide bonds. The second-order valence-electron chi connectivity index (χ2n) is 8.98. The lowest BCUT2D eigenvalue weighted by Gasteiger charge is -2.44. The van der Waals surface area contributed by atoms with E-state index in [1.807, 2.05) is 0 Å². The Labute approximate surface area is 161 Å². The summed E-state index contributed by atoms with van der Waals surface area (Å²) in [6.07, 6.45) is 10.9. The van der Waals surface area contributed by atoms with Gasteiger partial charge in [0.05, 0.1) is 42.9 Å². The molecule has 5 aliphatic rings. The van der Waals surface area contributed by atoms with Crippen LogP contribution in [-0.2, 0) is 33.2 Å². The fraction of sp³-hybridized carbons (Fsp3) is 1.00. The highest BCUT2D eigenvalue weighted by atomic mass is 32.2. The van der Waals surface area contributed by atoms with E-state index in [-0.39, 0.29) is 42.7 Å². The minimum Gasteiger partial charge on any atom is -0.369 e. The van der Waals surface area contributed by atoms with E-state index in [4.69, 9.17) is 23.1 Å². The van der Waals surface area contributed by atoms with E-state index in [9.17, 15) is 8.42 Å². The second-order valence-corrected chi connectivity index (χ2v) is 10.6. The lowest BCUT2D eigenvalue weighted by atomic mass is 9.76. The van der Waals surface area contributed by atoms with Crippen LogP contribution in [-0.4, -0.2) is 63.2 Å². The van der Waals surface area contributed by atoms with E-state index in [1.165, 1.54) is 6.42 Å². The molecule has 7 nitrogen and oxygen atoms in total. The molecule has 154 valence electrons. The Morgan fingerprint density at radius 1 is 1.00 bits per heavy atom. The smallest absolute Gasteiger partial charge is 0.264 e. The van der Waals surface area contributed by atoms with Gasteiger partial charge in [-0.2, -0.15) is 8.42 Å². The zero-order valence-corrected chi connectivity index (χ0v) is 16.7. The predicted octanol–water partition coefficient (Wildman–Crippen LogP) is 2.28. The molecule has 0 N–H and O–H groups in total. The van der Waals surface area contributed by atoms with Gasteiger partial charge in [0, 0.05) is 25.7 Å². The highest BCUT2D eigenvalue weighted by molar-refractivity contribution is 7.85. The summed E-state index contributed by atoms with van der Waals surface area (Å²) in [6.45, 7) is 0.170. The fourth-order valence-corrected chi connectivity index (χ4v) is 6.26. The number of fused-ring (bicyclic) bond motifs is 3. The Balaban J connectivity index is 1.26. The van der Waals surface area contributed by atoms with Crippen molar-refractivity contribution in [1.29, 1.82) is 0 Å². The minimum absolute atomic E-state index is 0.00728. The fourth-order valence-electron chi connectivity index (χ4n) is 5.86. The zero-order valence-electron chi connectivity index (χ0n) is 15.9. The second kappa shape index (κ2) is 6.64. The van der Waals surface area contributed by atoms with Gasteiger partial charge >= 0.3 is 0 Å². The van der Waals surface area contributed by atoms with Crippen molar-refractivity contribution >= 4 is 10.1 Å². The van der Waals surface area contributed by atoms with Crippen LogP contribution in [0.2, 0.25) is 0 Å². The molecule has 5 rings (SSSR count). The SMILES string of the molecule is CS(=O)(=O)OCC[C@H]1CC[C@@H]2O[C@H]3C[C@]2(C[C@H]2OC4(CCCCC4)OC32)O1. The van der Waals surface area contributed by atoms with Crippen molar-refractivity contribution in [2.75, 3.05) is 12.9 Å². The molecular weight excluding hydrogens is 372 g/mol. The number of rotatable bonds is 4. The molecule has 2 aliphatic carbocycles. The van der Waals surface area contributed by atoms with Crippen LogP contribution < -0.4 is 0 Å². The van der Waals surface area contributed by atoms with Gasteiger partial charge in [-0.05, 0) is 32.1 Å². The Morgan fingerprint density at radius 3 is 2.56 bits per heavy atom. The van der Waals surface area contributed by atoms with E-state index in [0.717, 1.165) is 57.6 Å². The largest absolute Gasteiger partial charge is 0.369 e. The lowest BCUT2D eigenvalue weighted by molar-refractivity contribution is -0.215.